The lowest BCUT2D eigenvalue weighted by Crippen LogP contribution is -2.47. The molecule has 0 spiro atoms. The molecule has 0 radical (unpaired) electrons. The van der Waals surface area contributed by atoms with Crippen LogP contribution >= 0.6 is 11.6 Å². The predicted molar refractivity (Wildman–Crippen MR) is 123 cm³/mol. The maximum atomic E-state index is 11.9. The molecule has 1 saturated heterocycles. The first-order valence-corrected chi connectivity index (χ1v) is 11.8. The molecule has 0 unspecified atom stereocenters. The highest BCUT2D eigenvalue weighted by molar-refractivity contribution is 6.31. The van der Waals surface area contributed by atoms with Gasteiger partial charge in [0.1, 0.15) is 0 Å². The highest BCUT2D eigenvalue weighted by Crippen LogP contribution is 2.29. The van der Waals surface area contributed by atoms with Gasteiger partial charge in [0.25, 0.3) is 0 Å². The Morgan fingerprint density at radius 3 is 2.63 bits per heavy atom. The number of benzene rings is 1. The second kappa shape index (κ2) is 11.6. The van der Waals surface area contributed by atoms with Gasteiger partial charge in [0.05, 0.1) is 6.07 Å². The van der Waals surface area contributed by atoms with E-state index in [-0.39, 0.29) is 5.91 Å². The summed E-state index contributed by atoms with van der Waals surface area (Å²) in [5, 5.41) is 12.6. The first-order valence-electron chi connectivity index (χ1n) is 11.5. The number of nitriles is 1. The summed E-state index contributed by atoms with van der Waals surface area (Å²) in [5.74, 6) is 0.895. The predicted octanol–water partition coefficient (Wildman–Crippen LogP) is 4.53. The van der Waals surface area contributed by atoms with Crippen LogP contribution in [0, 0.1) is 24.2 Å². The van der Waals surface area contributed by atoms with Gasteiger partial charge in [0.15, 0.2) is 0 Å². The Hall–Kier alpha value is -1.77. The summed E-state index contributed by atoms with van der Waals surface area (Å²) >= 11 is 6.29. The molecule has 1 aromatic carbocycles. The fourth-order valence-corrected chi connectivity index (χ4v) is 4.91. The van der Waals surface area contributed by atoms with Crippen LogP contribution in [-0.4, -0.2) is 49.6 Å². The number of rotatable bonds is 8. The van der Waals surface area contributed by atoms with E-state index >= 15 is 0 Å². The topological polar surface area (TPSA) is 59.4 Å². The second-order valence-electron chi connectivity index (χ2n) is 8.80. The summed E-state index contributed by atoms with van der Waals surface area (Å²) in [6, 6.07) is 8.62. The summed E-state index contributed by atoms with van der Waals surface area (Å²) in [6.45, 7) is 7.63. The van der Waals surface area contributed by atoms with E-state index in [0.717, 1.165) is 50.0 Å². The van der Waals surface area contributed by atoms with Crippen LogP contribution in [0.4, 0.5) is 5.69 Å². The number of hydrogen-bond donors (Lipinski definition) is 1. The van der Waals surface area contributed by atoms with Gasteiger partial charge in [-0.2, -0.15) is 5.26 Å². The molecule has 1 amide bonds. The minimum Gasteiger partial charge on any atom is -0.369 e. The normalized spacial score (nSPS) is 22.5. The maximum absolute atomic E-state index is 11.9. The minimum atomic E-state index is 0.113. The summed E-state index contributed by atoms with van der Waals surface area (Å²) in [7, 11) is 0. The average molecular weight is 431 g/mol. The van der Waals surface area contributed by atoms with Crippen LogP contribution < -0.4 is 10.2 Å². The van der Waals surface area contributed by atoms with E-state index in [2.05, 4.69) is 34.2 Å². The second-order valence-corrected chi connectivity index (χ2v) is 9.21. The SMILES string of the molecule is Cc1c(Cl)cccc1N1CCN(CC[C@H]2CC[C@H](NC(=O)CCCC#N)CC2)CC1. The van der Waals surface area contributed by atoms with Crippen LogP contribution in [0.1, 0.15) is 56.9 Å². The monoisotopic (exact) mass is 430 g/mol. The largest absolute Gasteiger partial charge is 0.369 e. The lowest BCUT2D eigenvalue weighted by molar-refractivity contribution is -0.122. The van der Waals surface area contributed by atoms with E-state index in [1.807, 2.05) is 12.1 Å². The number of halogens is 1. The standard InChI is InChI=1S/C24H35ClN4O/c1-19-22(25)5-4-6-23(19)29-17-15-28(16-18-29)14-12-20-8-10-21(11-9-20)27-24(30)7-2-3-13-26/h4-6,20-21H,2-3,7-12,14-18H2,1H3,(H,27,30)/t20-,21-. The molecule has 164 valence electrons. The fourth-order valence-electron chi connectivity index (χ4n) is 4.74. The summed E-state index contributed by atoms with van der Waals surface area (Å²) in [4.78, 5) is 17.0. The van der Waals surface area contributed by atoms with Crippen molar-refractivity contribution in [1.29, 1.82) is 5.26 Å². The van der Waals surface area contributed by atoms with Gasteiger partial charge in [-0.3, -0.25) is 9.69 Å². The van der Waals surface area contributed by atoms with Crippen molar-refractivity contribution in [2.45, 2.75) is 64.3 Å². The molecule has 2 aliphatic rings. The molecule has 3 rings (SSSR count). The molecule has 1 aliphatic carbocycles. The number of carbonyl (C=O) groups excluding carboxylic acids is 1. The Morgan fingerprint density at radius 1 is 1.20 bits per heavy atom. The van der Waals surface area contributed by atoms with Gasteiger partial charge < -0.3 is 10.2 Å². The van der Waals surface area contributed by atoms with Crippen LogP contribution in [0.2, 0.25) is 5.02 Å². The molecule has 1 aromatic rings. The van der Waals surface area contributed by atoms with E-state index in [1.54, 1.807) is 0 Å². The van der Waals surface area contributed by atoms with Gasteiger partial charge in [-0.25, -0.2) is 0 Å². The number of piperazine rings is 1. The summed E-state index contributed by atoms with van der Waals surface area (Å²) in [5.41, 5.74) is 2.46. The zero-order valence-electron chi connectivity index (χ0n) is 18.2. The highest BCUT2D eigenvalue weighted by Gasteiger charge is 2.24. The molecule has 0 atom stereocenters. The Bertz CT molecular complexity index is 731. The van der Waals surface area contributed by atoms with Crippen molar-refractivity contribution in [3.05, 3.63) is 28.8 Å². The van der Waals surface area contributed by atoms with Crippen molar-refractivity contribution in [3.63, 3.8) is 0 Å². The molecule has 1 N–H and O–H groups in total. The molecule has 2 fully saturated rings. The van der Waals surface area contributed by atoms with Gasteiger partial charge in [-0.05, 0) is 75.6 Å². The molecule has 5 nitrogen and oxygen atoms in total. The van der Waals surface area contributed by atoms with Crippen molar-refractivity contribution in [2.75, 3.05) is 37.6 Å². The lowest BCUT2D eigenvalue weighted by Gasteiger charge is -2.38. The van der Waals surface area contributed by atoms with Crippen LogP contribution in [0.3, 0.4) is 0 Å². The van der Waals surface area contributed by atoms with E-state index in [0.29, 0.717) is 25.3 Å². The van der Waals surface area contributed by atoms with Gasteiger partial charge in [-0.1, -0.05) is 17.7 Å². The number of amides is 1. The van der Waals surface area contributed by atoms with E-state index in [4.69, 9.17) is 16.9 Å². The van der Waals surface area contributed by atoms with Crippen molar-refractivity contribution < 1.29 is 4.79 Å². The van der Waals surface area contributed by atoms with Crippen molar-refractivity contribution in [2.24, 2.45) is 5.92 Å². The molecule has 1 aliphatic heterocycles. The molecular weight excluding hydrogens is 396 g/mol. The molecule has 1 saturated carbocycles. The average Bonchev–Trinajstić information content (AvgIpc) is 2.76. The lowest BCUT2D eigenvalue weighted by atomic mass is 9.84. The van der Waals surface area contributed by atoms with Crippen molar-refractivity contribution >= 4 is 23.2 Å². The van der Waals surface area contributed by atoms with Gasteiger partial charge >= 0.3 is 0 Å². The van der Waals surface area contributed by atoms with Crippen LogP contribution in [0.25, 0.3) is 0 Å². The van der Waals surface area contributed by atoms with Crippen molar-refractivity contribution in [3.8, 4) is 6.07 Å². The Morgan fingerprint density at radius 2 is 1.93 bits per heavy atom. The van der Waals surface area contributed by atoms with Gasteiger partial charge in [0, 0.05) is 55.8 Å². The third-order valence-electron chi connectivity index (χ3n) is 6.71. The number of nitrogens with one attached hydrogen (secondary N) is 1. The third kappa shape index (κ3) is 6.62. The first-order chi connectivity index (χ1) is 14.6. The molecule has 0 aromatic heterocycles. The molecular formula is C24H35ClN4O. The molecule has 1 heterocycles. The number of hydrogen-bond acceptors (Lipinski definition) is 4. The fraction of sp³-hybridized carbons (Fsp3) is 0.667. The van der Waals surface area contributed by atoms with E-state index < -0.39 is 0 Å². The van der Waals surface area contributed by atoms with Crippen LogP contribution in [0.5, 0.6) is 0 Å². The minimum absolute atomic E-state index is 0.113. The summed E-state index contributed by atoms with van der Waals surface area (Å²) < 4.78 is 0. The van der Waals surface area contributed by atoms with Crippen molar-refractivity contribution in [1.82, 2.24) is 10.2 Å². The maximum Gasteiger partial charge on any atom is 0.220 e. The van der Waals surface area contributed by atoms with Gasteiger partial charge in [-0.15, -0.1) is 0 Å². The smallest absolute Gasteiger partial charge is 0.220 e. The zero-order chi connectivity index (χ0) is 21.3. The number of anilines is 1. The number of nitrogens with zero attached hydrogens (tertiary/aromatic N) is 3. The van der Waals surface area contributed by atoms with Gasteiger partial charge in [0.2, 0.25) is 5.91 Å². The molecule has 30 heavy (non-hydrogen) atoms. The Balaban J connectivity index is 1.32. The third-order valence-corrected chi connectivity index (χ3v) is 7.12. The van der Waals surface area contributed by atoms with E-state index in [9.17, 15) is 4.79 Å². The zero-order valence-corrected chi connectivity index (χ0v) is 19.0. The number of unbranched alkanes of at least 4 members (excludes halogenated alkanes) is 1. The number of carbonyl (C=O) groups is 1. The highest BCUT2D eigenvalue weighted by atomic mass is 35.5. The Labute approximate surface area is 186 Å². The Kier molecular flexibility index (Phi) is 8.84. The summed E-state index contributed by atoms with van der Waals surface area (Å²) in [6.07, 6.45) is 7.49. The quantitative estimate of drug-likeness (QED) is 0.615. The van der Waals surface area contributed by atoms with Crippen LogP contribution in [-0.2, 0) is 4.79 Å². The van der Waals surface area contributed by atoms with E-state index in [1.165, 1.54) is 37.1 Å². The molecule has 6 heteroatoms. The van der Waals surface area contributed by atoms with Crippen LogP contribution in [0.15, 0.2) is 18.2 Å². The molecule has 0 bridgehead atoms. The first kappa shape index (κ1) is 22.9.